The Morgan fingerprint density at radius 2 is 1.89 bits per heavy atom. The van der Waals surface area contributed by atoms with Gasteiger partial charge in [-0.1, -0.05) is 23.2 Å². The van der Waals surface area contributed by atoms with Crippen LogP contribution in [0.3, 0.4) is 0 Å². The zero-order valence-corrected chi connectivity index (χ0v) is 16.4. The molecule has 2 aromatic rings. The molecule has 2 amide bonds. The van der Waals surface area contributed by atoms with Gasteiger partial charge in [-0.25, -0.2) is 0 Å². The molecule has 0 unspecified atom stereocenters. The van der Waals surface area contributed by atoms with E-state index >= 15 is 0 Å². The molecule has 0 bridgehead atoms. The van der Waals surface area contributed by atoms with E-state index in [0.717, 1.165) is 6.42 Å². The Hall–Kier alpha value is -2.59. The molecule has 1 saturated heterocycles. The summed E-state index contributed by atoms with van der Waals surface area (Å²) in [5.74, 6) is -0.415. The minimum atomic E-state index is -0.404. The van der Waals surface area contributed by atoms with Gasteiger partial charge in [0.2, 0.25) is 11.8 Å². The van der Waals surface area contributed by atoms with Gasteiger partial charge in [-0.05, 0) is 61.9 Å². The van der Waals surface area contributed by atoms with Crippen molar-refractivity contribution in [3.8, 4) is 6.07 Å². The molecule has 1 atom stereocenters. The fourth-order valence-corrected chi connectivity index (χ4v) is 3.59. The van der Waals surface area contributed by atoms with Crippen LogP contribution in [0.15, 0.2) is 42.5 Å². The molecule has 0 spiro atoms. The van der Waals surface area contributed by atoms with Crippen LogP contribution in [-0.4, -0.2) is 35.8 Å². The Morgan fingerprint density at radius 1 is 1.14 bits per heavy atom. The number of hydrogen-bond acceptors (Lipinski definition) is 4. The highest BCUT2D eigenvalue weighted by molar-refractivity contribution is 6.36. The van der Waals surface area contributed by atoms with E-state index in [2.05, 4.69) is 10.6 Å². The molecule has 1 aliphatic heterocycles. The van der Waals surface area contributed by atoms with Gasteiger partial charge in [0.05, 0.1) is 34.9 Å². The molecule has 144 valence electrons. The molecular weight excluding hydrogens is 399 g/mol. The van der Waals surface area contributed by atoms with Gasteiger partial charge in [-0.2, -0.15) is 5.26 Å². The first-order valence-corrected chi connectivity index (χ1v) is 9.52. The smallest absolute Gasteiger partial charge is 0.241 e. The van der Waals surface area contributed by atoms with Gasteiger partial charge in [0, 0.05) is 10.7 Å². The summed E-state index contributed by atoms with van der Waals surface area (Å²) in [5, 5.41) is 15.3. The first kappa shape index (κ1) is 20.2. The zero-order chi connectivity index (χ0) is 20.1. The Balaban J connectivity index is 1.59. The molecular formula is C20H18Cl2N4O2. The number of hydrogen-bond donors (Lipinski definition) is 2. The fourth-order valence-electron chi connectivity index (χ4n) is 3.13. The van der Waals surface area contributed by atoms with Crippen molar-refractivity contribution in [2.75, 3.05) is 23.7 Å². The van der Waals surface area contributed by atoms with E-state index in [-0.39, 0.29) is 18.4 Å². The third-order valence-electron chi connectivity index (χ3n) is 4.50. The van der Waals surface area contributed by atoms with Gasteiger partial charge in [-0.3, -0.25) is 14.5 Å². The molecule has 1 aliphatic rings. The van der Waals surface area contributed by atoms with Crippen LogP contribution in [0.5, 0.6) is 0 Å². The summed E-state index contributed by atoms with van der Waals surface area (Å²) in [4.78, 5) is 26.9. The van der Waals surface area contributed by atoms with E-state index in [9.17, 15) is 9.59 Å². The van der Waals surface area contributed by atoms with E-state index < -0.39 is 6.04 Å². The lowest BCUT2D eigenvalue weighted by Crippen LogP contribution is -2.43. The number of halogens is 2. The van der Waals surface area contributed by atoms with Crippen molar-refractivity contribution in [2.24, 2.45) is 0 Å². The number of likely N-dealkylation sites (tertiary alicyclic amines) is 1. The van der Waals surface area contributed by atoms with Crippen molar-refractivity contribution >= 4 is 46.4 Å². The zero-order valence-electron chi connectivity index (χ0n) is 14.9. The molecule has 6 nitrogen and oxygen atoms in total. The molecule has 0 aromatic heterocycles. The van der Waals surface area contributed by atoms with Crippen LogP contribution in [0.2, 0.25) is 10.0 Å². The van der Waals surface area contributed by atoms with Crippen molar-refractivity contribution < 1.29 is 9.59 Å². The SMILES string of the molecule is N#Cc1ccc(NC(=O)CN2CCC[C@H]2C(=O)Nc2ccc(Cl)cc2Cl)cc1. The quantitative estimate of drug-likeness (QED) is 0.773. The Bertz CT molecular complexity index is 925. The second-order valence-corrected chi connectivity index (χ2v) is 7.32. The average molecular weight is 417 g/mol. The van der Waals surface area contributed by atoms with Crippen molar-refractivity contribution in [3.63, 3.8) is 0 Å². The van der Waals surface area contributed by atoms with Crippen LogP contribution in [0.1, 0.15) is 18.4 Å². The van der Waals surface area contributed by atoms with E-state index in [0.29, 0.717) is 39.9 Å². The molecule has 0 aliphatic carbocycles. The predicted molar refractivity (Wildman–Crippen MR) is 109 cm³/mol. The number of carbonyl (C=O) groups excluding carboxylic acids is 2. The highest BCUT2D eigenvalue weighted by atomic mass is 35.5. The maximum Gasteiger partial charge on any atom is 0.241 e. The summed E-state index contributed by atoms with van der Waals surface area (Å²) in [7, 11) is 0. The predicted octanol–water partition coefficient (Wildman–Crippen LogP) is 3.91. The van der Waals surface area contributed by atoms with Gasteiger partial charge in [0.25, 0.3) is 0 Å². The molecule has 1 fully saturated rings. The lowest BCUT2D eigenvalue weighted by atomic mass is 10.2. The van der Waals surface area contributed by atoms with Crippen LogP contribution in [0, 0.1) is 11.3 Å². The lowest BCUT2D eigenvalue weighted by Gasteiger charge is -2.23. The molecule has 1 heterocycles. The van der Waals surface area contributed by atoms with E-state index in [1.807, 2.05) is 11.0 Å². The Kier molecular flexibility index (Phi) is 6.53. The maximum atomic E-state index is 12.7. The number of anilines is 2. The van der Waals surface area contributed by atoms with Crippen molar-refractivity contribution in [1.82, 2.24) is 4.90 Å². The van der Waals surface area contributed by atoms with Crippen LogP contribution >= 0.6 is 23.2 Å². The molecule has 0 radical (unpaired) electrons. The van der Waals surface area contributed by atoms with E-state index in [1.54, 1.807) is 42.5 Å². The summed E-state index contributed by atoms with van der Waals surface area (Å²) in [6.45, 7) is 0.764. The maximum absolute atomic E-state index is 12.7. The molecule has 28 heavy (non-hydrogen) atoms. The number of amides is 2. The topological polar surface area (TPSA) is 85.2 Å². The monoisotopic (exact) mass is 416 g/mol. The van der Waals surface area contributed by atoms with E-state index in [4.69, 9.17) is 28.5 Å². The summed E-state index contributed by atoms with van der Waals surface area (Å²) < 4.78 is 0. The molecule has 2 aromatic carbocycles. The largest absolute Gasteiger partial charge is 0.325 e. The van der Waals surface area contributed by atoms with Gasteiger partial charge in [-0.15, -0.1) is 0 Å². The second-order valence-electron chi connectivity index (χ2n) is 6.48. The lowest BCUT2D eigenvalue weighted by molar-refractivity contribution is -0.122. The van der Waals surface area contributed by atoms with Gasteiger partial charge < -0.3 is 10.6 Å². The minimum Gasteiger partial charge on any atom is -0.325 e. The van der Waals surface area contributed by atoms with Crippen molar-refractivity contribution in [2.45, 2.75) is 18.9 Å². The number of nitrogens with one attached hydrogen (secondary N) is 2. The Labute approximate surface area is 173 Å². The van der Waals surface area contributed by atoms with Gasteiger partial charge >= 0.3 is 0 Å². The number of benzene rings is 2. The number of rotatable bonds is 5. The third-order valence-corrected chi connectivity index (χ3v) is 5.05. The summed E-state index contributed by atoms with van der Waals surface area (Å²) >= 11 is 12.0. The Morgan fingerprint density at radius 3 is 2.57 bits per heavy atom. The minimum absolute atomic E-state index is 0.104. The molecule has 0 saturated carbocycles. The van der Waals surface area contributed by atoms with Crippen LogP contribution < -0.4 is 10.6 Å². The van der Waals surface area contributed by atoms with E-state index in [1.165, 1.54) is 0 Å². The van der Waals surface area contributed by atoms with Gasteiger partial charge in [0.1, 0.15) is 0 Å². The highest BCUT2D eigenvalue weighted by Gasteiger charge is 2.32. The summed E-state index contributed by atoms with van der Waals surface area (Å²) in [5.41, 5.74) is 1.62. The average Bonchev–Trinajstić information content (AvgIpc) is 3.12. The number of nitriles is 1. The summed E-state index contributed by atoms with van der Waals surface area (Å²) in [6, 6.07) is 13.1. The highest BCUT2D eigenvalue weighted by Crippen LogP contribution is 2.27. The van der Waals surface area contributed by atoms with Crippen LogP contribution in [0.25, 0.3) is 0 Å². The second kappa shape index (κ2) is 9.07. The molecule has 3 rings (SSSR count). The normalized spacial score (nSPS) is 16.4. The van der Waals surface area contributed by atoms with Crippen molar-refractivity contribution in [3.05, 3.63) is 58.1 Å². The van der Waals surface area contributed by atoms with Crippen LogP contribution in [0.4, 0.5) is 11.4 Å². The molecule has 8 heteroatoms. The fraction of sp³-hybridized carbons (Fsp3) is 0.250. The third kappa shape index (κ3) is 5.02. The van der Waals surface area contributed by atoms with Crippen LogP contribution in [-0.2, 0) is 9.59 Å². The van der Waals surface area contributed by atoms with Crippen molar-refractivity contribution in [1.29, 1.82) is 5.26 Å². The van der Waals surface area contributed by atoms with Gasteiger partial charge in [0.15, 0.2) is 0 Å². The molecule has 2 N–H and O–H groups in total. The summed E-state index contributed by atoms with van der Waals surface area (Å²) in [6.07, 6.45) is 1.50. The number of carbonyl (C=O) groups is 2. The number of nitrogens with zero attached hydrogens (tertiary/aromatic N) is 2. The first-order chi connectivity index (χ1) is 13.5. The standard InChI is InChI=1S/C20H18Cl2N4O2/c21-14-5-8-17(16(22)10-14)25-20(28)18-2-1-9-26(18)12-19(27)24-15-6-3-13(11-23)4-7-15/h3-8,10,18H,1-2,9,12H2,(H,24,27)(H,25,28)/t18-/m0/s1. The first-order valence-electron chi connectivity index (χ1n) is 8.76.